The van der Waals surface area contributed by atoms with Gasteiger partial charge in [-0.3, -0.25) is 4.79 Å². The van der Waals surface area contributed by atoms with Gasteiger partial charge in [0.05, 0.1) is 4.90 Å². The van der Waals surface area contributed by atoms with Gasteiger partial charge in [0.2, 0.25) is 10.0 Å². The van der Waals surface area contributed by atoms with Crippen molar-refractivity contribution in [2.75, 3.05) is 32.8 Å². The summed E-state index contributed by atoms with van der Waals surface area (Å²) in [6.45, 7) is 4.99. The molecule has 144 valence electrons. The predicted molar refractivity (Wildman–Crippen MR) is 103 cm³/mol. The summed E-state index contributed by atoms with van der Waals surface area (Å²) in [5.41, 5.74) is 1.79. The molecule has 0 radical (unpaired) electrons. The second kappa shape index (κ2) is 8.10. The molecule has 0 unspecified atom stereocenters. The highest BCUT2D eigenvalue weighted by Crippen LogP contribution is 2.21. The van der Waals surface area contributed by atoms with E-state index in [-0.39, 0.29) is 25.6 Å². The smallest absolute Gasteiger partial charge is 0.260 e. The van der Waals surface area contributed by atoms with Crippen LogP contribution in [0, 0.1) is 13.8 Å². The molecule has 1 heterocycles. The van der Waals surface area contributed by atoms with Gasteiger partial charge < -0.3 is 9.64 Å². The standard InChI is InChI=1S/C20H24N2O4S/c1-16-6-5-8-18(14-16)26-15-20(23)21-10-12-22(13-11-21)27(24,25)19-9-4-3-7-17(19)2/h3-9,14H,10-13,15H2,1-2H3. The van der Waals surface area contributed by atoms with Crippen molar-refractivity contribution in [3.63, 3.8) is 0 Å². The molecule has 1 fully saturated rings. The number of benzene rings is 2. The second-order valence-electron chi connectivity index (χ2n) is 6.66. The highest BCUT2D eigenvalue weighted by molar-refractivity contribution is 7.89. The van der Waals surface area contributed by atoms with Gasteiger partial charge in [0.25, 0.3) is 5.91 Å². The average molecular weight is 388 g/mol. The number of carbonyl (C=O) groups excluding carboxylic acids is 1. The van der Waals surface area contributed by atoms with Gasteiger partial charge in [-0.1, -0.05) is 30.3 Å². The van der Waals surface area contributed by atoms with Crippen LogP contribution in [-0.4, -0.2) is 56.3 Å². The molecule has 27 heavy (non-hydrogen) atoms. The number of rotatable bonds is 5. The van der Waals surface area contributed by atoms with Crippen molar-refractivity contribution in [3.8, 4) is 5.75 Å². The van der Waals surface area contributed by atoms with Crippen LogP contribution >= 0.6 is 0 Å². The van der Waals surface area contributed by atoms with Gasteiger partial charge >= 0.3 is 0 Å². The number of ether oxygens (including phenoxy) is 1. The number of amides is 1. The van der Waals surface area contributed by atoms with Crippen molar-refractivity contribution in [1.82, 2.24) is 9.21 Å². The Hall–Kier alpha value is -2.38. The zero-order valence-corrected chi connectivity index (χ0v) is 16.4. The molecule has 1 saturated heterocycles. The fraction of sp³-hybridized carbons (Fsp3) is 0.350. The lowest BCUT2D eigenvalue weighted by Gasteiger charge is -2.34. The molecule has 0 N–H and O–H groups in total. The van der Waals surface area contributed by atoms with Gasteiger partial charge in [-0.05, 0) is 43.2 Å². The van der Waals surface area contributed by atoms with E-state index in [1.165, 1.54) is 4.31 Å². The maximum absolute atomic E-state index is 12.8. The van der Waals surface area contributed by atoms with E-state index in [1.807, 2.05) is 37.3 Å². The summed E-state index contributed by atoms with van der Waals surface area (Å²) in [5.74, 6) is 0.522. The van der Waals surface area contributed by atoms with Crippen LogP contribution in [0.2, 0.25) is 0 Å². The molecule has 0 saturated carbocycles. The molecule has 3 rings (SSSR count). The van der Waals surface area contributed by atoms with Gasteiger partial charge in [0.15, 0.2) is 6.61 Å². The zero-order valence-electron chi connectivity index (χ0n) is 15.6. The molecule has 7 heteroatoms. The first-order valence-corrected chi connectivity index (χ1v) is 10.3. The summed E-state index contributed by atoms with van der Waals surface area (Å²) >= 11 is 0. The Balaban J connectivity index is 1.57. The SMILES string of the molecule is Cc1cccc(OCC(=O)N2CCN(S(=O)(=O)c3ccccc3C)CC2)c1. The highest BCUT2D eigenvalue weighted by Gasteiger charge is 2.30. The van der Waals surface area contributed by atoms with Gasteiger partial charge in [-0.2, -0.15) is 4.31 Å². The van der Waals surface area contributed by atoms with Crippen LogP contribution in [0.15, 0.2) is 53.4 Å². The fourth-order valence-corrected chi connectivity index (χ4v) is 4.75. The van der Waals surface area contributed by atoms with E-state index in [2.05, 4.69) is 0 Å². The van der Waals surface area contributed by atoms with Crippen molar-refractivity contribution in [3.05, 3.63) is 59.7 Å². The number of hydrogen-bond acceptors (Lipinski definition) is 4. The van der Waals surface area contributed by atoms with Gasteiger partial charge in [-0.25, -0.2) is 8.42 Å². The number of nitrogens with zero attached hydrogens (tertiary/aromatic N) is 2. The van der Waals surface area contributed by atoms with E-state index < -0.39 is 10.0 Å². The van der Waals surface area contributed by atoms with E-state index in [1.54, 1.807) is 30.0 Å². The quantitative estimate of drug-likeness (QED) is 0.788. The third-order valence-corrected chi connectivity index (χ3v) is 6.71. The van der Waals surface area contributed by atoms with E-state index >= 15 is 0 Å². The number of hydrogen-bond donors (Lipinski definition) is 0. The molecule has 1 aliphatic heterocycles. The van der Waals surface area contributed by atoms with Gasteiger partial charge in [-0.15, -0.1) is 0 Å². The maximum atomic E-state index is 12.8. The first-order chi connectivity index (χ1) is 12.9. The molecule has 1 amide bonds. The van der Waals surface area contributed by atoms with Crippen LogP contribution in [-0.2, 0) is 14.8 Å². The van der Waals surface area contributed by atoms with E-state index in [9.17, 15) is 13.2 Å². The Kier molecular flexibility index (Phi) is 5.82. The molecule has 2 aromatic carbocycles. The van der Waals surface area contributed by atoms with Crippen molar-refractivity contribution < 1.29 is 17.9 Å². The van der Waals surface area contributed by atoms with Crippen LogP contribution < -0.4 is 4.74 Å². The lowest BCUT2D eigenvalue weighted by atomic mass is 10.2. The number of aryl methyl sites for hydroxylation is 2. The van der Waals surface area contributed by atoms with Crippen molar-refractivity contribution >= 4 is 15.9 Å². The van der Waals surface area contributed by atoms with Gasteiger partial charge in [0, 0.05) is 26.2 Å². The molecule has 6 nitrogen and oxygen atoms in total. The van der Waals surface area contributed by atoms with Crippen molar-refractivity contribution in [2.24, 2.45) is 0 Å². The minimum absolute atomic E-state index is 0.0476. The Morgan fingerprint density at radius 1 is 1.00 bits per heavy atom. The molecule has 2 aromatic rings. The summed E-state index contributed by atoms with van der Waals surface area (Å²) in [6.07, 6.45) is 0. The maximum Gasteiger partial charge on any atom is 0.260 e. The molecular formula is C20H24N2O4S. The van der Waals surface area contributed by atoms with Gasteiger partial charge in [0.1, 0.15) is 5.75 Å². The molecule has 0 spiro atoms. The lowest BCUT2D eigenvalue weighted by molar-refractivity contribution is -0.134. The summed E-state index contributed by atoms with van der Waals surface area (Å²) in [7, 11) is -3.54. The first kappa shape index (κ1) is 19.4. The Labute approximate surface area is 160 Å². The van der Waals surface area contributed by atoms with Crippen LogP contribution in [0.3, 0.4) is 0 Å². The van der Waals surface area contributed by atoms with Crippen LogP contribution in [0.4, 0.5) is 0 Å². The minimum atomic E-state index is -3.54. The Bertz CT molecular complexity index is 919. The third-order valence-electron chi connectivity index (χ3n) is 4.65. The van der Waals surface area contributed by atoms with Crippen LogP contribution in [0.5, 0.6) is 5.75 Å². The molecule has 0 bridgehead atoms. The third kappa shape index (κ3) is 4.48. The second-order valence-corrected chi connectivity index (χ2v) is 8.56. The van der Waals surface area contributed by atoms with Crippen LogP contribution in [0.1, 0.15) is 11.1 Å². The van der Waals surface area contributed by atoms with E-state index in [4.69, 9.17) is 4.74 Å². The summed E-state index contributed by atoms with van der Waals surface area (Å²) < 4.78 is 32.7. The molecule has 0 aliphatic carbocycles. The van der Waals surface area contributed by atoms with E-state index in [0.717, 1.165) is 11.1 Å². The zero-order chi connectivity index (χ0) is 19.4. The molecule has 1 aliphatic rings. The fourth-order valence-electron chi connectivity index (χ4n) is 3.10. The van der Waals surface area contributed by atoms with Crippen LogP contribution in [0.25, 0.3) is 0 Å². The van der Waals surface area contributed by atoms with Crippen molar-refractivity contribution in [2.45, 2.75) is 18.7 Å². The Morgan fingerprint density at radius 2 is 1.70 bits per heavy atom. The summed E-state index contributed by atoms with van der Waals surface area (Å²) in [5, 5.41) is 0. The van der Waals surface area contributed by atoms with Crippen molar-refractivity contribution in [1.29, 1.82) is 0 Å². The Morgan fingerprint density at radius 3 is 2.37 bits per heavy atom. The molecule has 0 atom stereocenters. The molecular weight excluding hydrogens is 364 g/mol. The molecule has 0 aromatic heterocycles. The topological polar surface area (TPSA) is 66.9 Å². The minimum Gasteiger partial charge on any atom is -0.484 e. The summed E-state index contributed by atoms with van der Waals surface area (Å²) in [6, 6.07) is 14.5. The number of sulfonamides is 1. The largest absolute Gasteiger partial charge is 0.484 e. The summed E-state index contributed by atoms with van der Waals surface area (Å²) in [4.78, 5) is 14.3. The van der Waals surface area contributed by atoms with E-state index in [0.29, 0.717) is 23.7 Å². The highest BCUT2D eigenvalue weighted by atomic mass is 32.2. The monoisotopic (exact) mass is 388 g/mol. The number of carbonyl (C=O) groups is 1. The first-order valence-electron chi connectivity index (χ1n) is 8.91. The number of piperazine rings is 1. The lowest BCUT2D eigenvalue weighted by Crippen LogP contribution is -2.51. The normalized spacial score (nSPS) is 15.6. The average Bonchev–Trinajstić information content (AvgIpc) is 2.66. The predicted octanol–water partition coefficient (Wildman–Crippen LogP) is 2.22.